The fraction of sp³-hybridized carbons (Fsp3) is 0.273. The molecule has 0 saturated heterocycles. The molecule has 8 heteroatoms. The first-order valence-corrected chi connectivity index (χ1v) is 5.64. The van der Waals surface area contributed by atoms with Crippen molar-refractivity contribution in [2.75, 3.05) is 6.54 Å². The number of hydrogen-bond donors (Lipinski definition) is 2. The molecule has 0 aliphatic carbocycles. The number of imidazole rings is 1. The maximum Gasteiger partial charge on any atom is 0.287 e. The quantitative estimate of drug-likeness (QED) is 0.468. The Morgan fingerprint density at radius 1 is 1.58 bits per heavy atom. The van der Waals surface area contributed by atoms with E-state index < -0.39 is 0 Å². The van der Waals surface area contributed by atoms with Crippen molar-refractivity contribution in [1.82, 2.24) is 15.3 Å². The predicted molar refractivity (Wildman–Crippen MR) is 66.2 cm³/mol. The third-order valence-corrected chi connectivity index (χ3v) is 2.41. The second kappa shape index (κ2) is 6.27. The first kappa shape index (κ1) is 12.7. The molecule has 2 aromatic heterocycles. The maximum absolute atomic E-state index is 11.7. The van der Waals surface area contributed by atoms with E-state index in [4.69, 9.17) is 9.95 Å². The summed E-state index contributed by atoms with van der Waals surface area (Å²) in [6, 6.07) is 3.16. The molecule has 0 aromatic carbocycles. The molecule has 98 valence electrons. The van der Waals surface area contributed by atoms with Crippen molar-refractivity contribution in [1.29, 1.82) is 0 Å². The van der Waals surface area contributed by atoms with E-state index in [0.29, 0.717) is 18.7 Å². The van der Waals surface area contributed by atoms with E-state index in [1.807, 2.05) is 0 Å². The molecule has 8 nitrogen and oxygen atoms in total. The van der Waals surface area contributed by atoms with Crippen LogP contribution in [-0.2, 0) is 13.0 Å². The van der Waals surface area contributed by atoms with Crippen molar-refractivity contribution in [3.63, 3.8) is 0 Å². The minimum absolute atomic E-state index is 0.0952. The van der Waals surface area contributed by atoms with Gasteiger partial charge in [-0.3, -0.25) is 4.79 Å². The average molecular weight is 260 g/mol. The van der Waals surface area contributed by atoms with Crippen LogP contribution in [0.15, 0.2) is 34.2 Å². The minimum atomic E-state index is -0.299. The molecular formula is C11H12N6O2. The Kier molecular flexibility index (Phi) is 4.20. The van der Waals surface area contributed by atoms with Crippen molar-refractivity contribution in [2.24, 2.45) is 5.11 Å². The second-order valence-corrected chi connectivity index (χ2v) is 3.74. The van der Waals surface area contributed by atoms with Gasteiger partial charge in [0.25, 0.3) is 5.91 Å². The summed E-state index contributed by atoms with van der Waals surface area (Å²) in [6.45, 7) is 0.575. The first-order chi connectivity index (χ1) is 9.29. The van der Waals surface area contributed by atoms with Crippen LogP contribution in [0.3, 0.4) is 0 Å². The molecular weight excluding hydrogens is 248 g/mol. The smallest absolute Gasteiger partial charge is 0.287 e. The van der Waals surface area contributed by atoms with Gasteiger partial charge in [0.15, 0.2) is 5.76 Å². The number of amides is 1. The summed E-state index contributed by atoms with van der Waals surface area (Å²) in [4.78, 5) is 21.2. The number of rotatable bonds is 6. The van der Waals surface area contributed by atoms with Gasteiger partial charge in [-0.15, -0.1) is 0 Å². The van der Waals surface area contributed by atoms with Crippen molar-refractivity contribution in [2.45, 2.75) is 13.0 Å². The minimum Gasteiger partial charge on any atom is -0.456 e. The van der Waals surface area contributed by atoms with E-state index in [0.717, 1.165) is 5.69 Å². The summed E-state index contributed by atoms with van der Waals surface area (Å²) >= 11 is 0. The van der Waals surface area contributed by atoms with Crippen molar-refractivity contribution < 1.29 is 9.21 Å². The fourth-order valence-corrected chi connectivity index (χ4v) is 1.51. The van der Waals surface area contributed by atoms with Gasteiger partial charge in [0.2, 0.25) is 0 Å². The third-order valence-electron chi connectivity index (χ3n) is 2.41. The Bertz CT molecular complexity index is 582. The van der Waals surface area contributed by atoms with Gasteiger partial charge in [-0.2, -0.15) is 0 Å². The lowest BCUT2D eigenvalue weighted by Gasteiger charge is -2.01. The van der Waals surface area contributed by atoms with Crippen molar-refractivity contribution in [3.8, 4) is 0 Å². The van der Waals surface area contributed by atoms with E-state index in [9.17, 15) is 4.79 Å². The van der Waals surface area contributed by atoms with Crippen LogP contribution in [0, 0.1) is 0 Å². The molecule has 0 aliphatic heterocycles. The molecule has 1 amide bonds. The van der Waals surface area contributed by atoms with Crippen LogP contribution < -0.4 is 5.32 Å². The zero-order valence-electron chi connectivity index (χ0n) is 10.0. The number of nitrogens with one attached hydrogen (secondary N) is 2. The lowest BCUT2D eigenvalue weighted by molar-refractivity contribution is 0.0924. The van der Waals surface area contributed by atoms with Crippen molar-refractivity contribution in [3.05, 3.63) is 52.3 Å². The average Bonchev–Trinajstić information content (AvgIpc) is 3.07. The van der Waals surface area contributed by atoms with Gasteiger partial charge >= 0.3 is 0 Å². The molecule has 2 aromatic rings. The Morgan fingerprint density at radius 2 is 2.47 bits per heavy atom. The van der Waals surface area contributed by atoms with Gasteiger partial charge < -0.3 is 14.7 Å². The molecule has 2 heterocycles. The summed E-state index contributed by atoms with van der Waals surface area (Å²) < 4.78 is 5.24. The summed E-state index contributed by atoms with van der Waals surface area (Å²) in [7, 11) is 0. The summed E-state index contributed by atoms with van der Waals surface area (Å²) in [5.41, 5.74) is 9.13. The SMILES string of the molecule is [N-]=[N+]=NCc1ccc(C(=O)NCCc2cnc[nH]2)o1. The van der Waals surface area contributed by atoms with E-state index in [1.165, 1.54) is 0 Å². The van der Waals surface area contributed by atoms with E-state index >= 15 is 0 Å². The zero-order valence-corrected chi connectivity index (χ0v) is 10.0. The molecule has 0 bridgehead atoms. The first-order valence-electron chi connectivity index (χ1n) is 5.64. The lowest BCUT2D eigenvalue weighted by Crippen LogP contribution is -2.25. The number of carbonyl (C=O) groups excluding carboxylic acids is 1. The number of aromatic nitrogens is 2. The largest absolute Gasteiger partial charge is 0.456 e. The molecule has 0 atom stereocenters. The highest BCUT2D eigenvalue weighted by Gasteiger charge is 2.10. The molecule has 0 radical (unpaired) electrons. The highest BCUT2D eigenvalue weighted by Crippen LogP contribution is 2.09. The molecule has 2 N–H and O–H groups in total. The molecule has 0 fully saturated rings. The van der Waals surface area contributed by atoms with Crippen LogP contribution in [0.1, 0.15) is 22.0 Å². The van der Waals surface area contributed by atoms with Crippen LogP contribution in [0.25, 0.3) is 10.4 Å². The van der Waals surface area contributed by atoms with Crippen LogP contribution in [0.4, 0.5) is 0 Å². The number of H-pyrrole nitrogens is 1. The van der Waals surface area contributed by atoms with E-state index in [1.54, 1.807) is 24.7 Å². The molecule has 19 heavy (non-hydrogen) atoms. The molecule has 0 saturated carbocycles. The van der Waals surface area contributed by atoms with Gasteiger partial charge in [0.1, 0.15) is 5.76 Å². The van der Waals surface area contributed by atoms with Gasteiger partial charge in [-0.25, -0.2) is 4.98 Å². The Hall–Kier alpha value is -2.73. The maximum atomic E-state index is 11.7. The van der Waals surface area contributed by atoms with E-state index in [-0.39, 0.29) is 18.2 Å². The van der Waals surface area contributed by atoms with Gasteiger partial charge in [0.05, 0.1) is 12.9 Å². The highest BCUT2D eigenvalue weighted by molar-refractivity contribution is 5.91. The Balaban J connectivity index is 1.82. The Labute approximate surface area is 108 Å². The molecule has 0 aliphatic rings. The number of carbonyl (C=O) groups is 1. The topological polar surface area (TPSA) is 120 Å². The zero-order chi connectivity index (χ0) is 13.5. The molecule has 2 rings (SSSR count). The summed E-state index contributed by atoms with van der Waals surface area (Å²) in [5, 5.41) is 6.08. The van der Waals surface area contributed by atoms with Crippen molar-refractivity contribution >= 4 is 5.91 Å². The van der Waals surface area contributed by atoms with Crippen LogP contribution >= 0.6 is 0 Å². The van der Waals surface area contributed by atoms with Crippen LogP contribution in [-0.4, -0.2) is 22.4 Å². The van der Waals surface area contributed by atoms with Gasteiger partial charge in [-0.05, 0) is 17.7 Å². The third kappa shape index (κ3) is 3.62. The second-order valence-electron chi connectivity index (χ2n) is 3.74. The lowest BCUT2D eigenvalue weighted by atomic mass is 10.3. The normalized spacial score (nSPS) is 9.89. The number of nitrogens with zero attached hydrogens (tertiary/aromatic N) is 4. The predicted octanol–water partition coefficient (Wildman–Crippen LogP) is 1.79. The number of aromatic amines is 1. The number of azide groups is 1. The number of hydrogen-bond acceptors (Lipinski definition) is 4. The monoisotopic (exact) mass is 260 g/mol. The summed E-state index contributed by atoms with van der Waals surface area (Å²) in [5.74, 6) is 0.357. The molecule has 0 spiro atoms. The fourth-order valence-electron chi connectivity index (χ4n) is 1.51. The number of furan rings is 1. The van der Waals surface area contributed by atoms with Crippen LogP contribution in [0.2, 0.25) is 0 Å². The summed E-state index contributed by atoms with van der Waals surface area (Å²) in [6.07, 6.45) is 3.96. The van der Waals surface area contributed by atoms with Gasteiger partial charge in [-0.1, -0.05) is 5.11 Å². The highest BCUT2D eigenvalue weighted by atomic mass is 16.4. The van der Waals surface area contributed by atoms with Gasteiger partial charge in [0, 0.05) is 29.8 Å². The standard InChI is InChI=1S/C11H12N6O2/c12-17-16-6-9-1-2-10(19-9)11(18)14-4-3-8-5-13-7-15-8/h1-2,5,7H,3-4,6H2,(H,13,15)(H,14,18). The Morgan fingerprint density at radius 3 is 3.21 bits per heavy atom. The molecule has 0 unspecified atom stereocenters. The van der Waals surface area contributed by atoms with E-state index in [2.05, 4.69) is 25.3 Å². The van der Waals surface area contributed by atoms with Crippen LogP contribution in [0.5, 0.6) is 0 Å².